The van der Waals surface area contributed by atoms with E-state index in [1.54, 1.807) is 24.3 Å². The highest BCUT2D eigenvalue weighted by Crippen LogP contribution is 2.26. The van der Waals surface area contributed by atoms with Crippen molar-refractivity contribution in [3.05, 3.63) is 76.8 Å². The molecule has 2 aromatic rings. The molecule has 4 nitrogen and oxygen atoms in total. The van der Waals surface area contributed by atoms with Crippen LogP contribution < -0.4 is 10.2 Å². The van der Waals surface area contributed by atoms with Crippen LogP contribution in [0.3, 0.4) is 0 Å². The lowest BCUT2D eigenvalue weighted by Gasteiger charge is -2.34. The zero-order chi connectivity index (χ0) is 22.2. The highest BCUT2D eigenvalue weighted by molar-refractivity contribution is 7.10. The van der Waals surface area contributed by atoms with Gasteiger partial charge in [-0.3, -0.25) is 14.5 Å². The first-order valence-electron chi connectivity index (χ1n) is 10.7. The molecule has 31 heavy (non-hydrogen) atoms. The molecule has 1 N–H and O–H groups in total. The van der Waals surface area contributed by atoms with Crippen molar-refractivity contribution in [3.63, 3.8) is 0 Å². The normalized spacial score (nSPS) is 15.9. The molecule has 1 heterocycles. The van der Waals surface area contributed by atoms with E-state index in [0.29, 0.717) is 11.3 Å². The van der Waals surface area contributed by atoms with Crippen molar-refractivity contribution >= 4 is 28.8 Å². The van der Waals surface area contributed by atoms with Gasteiger partial charge in [0.05, 0.1) is 6.42 Å². The van der Waals surface area contributed by atoms with Gasteiger partial charge in [-0.15, -0.1) is 11.3 Å². The van der Waals surface area contributed by atoms with Crippen LogP contribution in [0.4, 0.5) is 10.1 Å². The average molecular weight is 441 g/mol. The number of nitrogens with one attached hydrogen (secondary N) is 1. The molecular formula is C25H29FN2O2S. The third-order valence-corrected chi connectivity index (χ3v) is 6.48. The number of benzene rings is 1. The molecule has 1 saturated carbocycles. The van der Waals surface area contributed by atoms with Crippen molar-refractivity contribution in [2.24, 2.45) is 0 Å². The summed E-state index contributed by atoms with van der Waals surface area (Å²) in [6.45, 7) is 5.66. The van der Waals surface area contributed by atoms with E-state index in [-0.39, 0.29) is 24.3 Å². The molecule has 1 aliphatic carbocycles. The van der Waals surface area contributed by atoms with E-state index in [1.807, 2.05) is 24.4 Å². The summed E-state index contributed by atoms with van der Waals surface area (Å²) in [4.78, 5) is 29.3. The van der Waals surface area contributed by atoms with Crippen LogP contribution >= 0.6 is 11.3 Å². The molecule has 1 atom stereocenters. The first-order chi connectivity index (χ1) is 15.0. The molecule has 0 bridgehead atoms. The van der Waals surface area contributed by atoms with E-state index in [4.69, 9.17) is 0 Å². The van der Waals surface area contributed by atoms with Crippen molar-refractivity contribution in [1.29, 1.82) is 0 Å². The molecule has 0 aliphatic heterocycles. The summed E-state index contributed by atoms with van der Waals surface area (Å²) >= 11 is 1.48. The van der Waals surface area contributed by atoms with Gasteiger partial charge in [0.1, 0.15) is 11.9 Å². The fourth-order valence-corrected chi connectivity index (χ4v) is 4.74. The Balaban J connectivity index is 1.99. The lowest BCUT2D eigenvalue weighted by atomic mass is 9.94. The van der Waals surface area contributed by atoms with Gasteiger partial charge < -0.3 is 5.32 Å². The van der Waals surface area contributed by atoms with Crippen LogP contribution in [-0.2, 0) is 16.0 Å². The lowest BCUT2D eigenvalue weighted by Crippen LogP contribution is -2.53. The molecule has 164 valence electrons. The predicted molar refractivity (Wildman–Crippen MR) is 125 cm³/mol. The minimum Gasteiger partial charge on any atom is -0.351 e. The van der Waals surface area contributed by atoms with Gasteiger partial charge >= 0.3 is 0 Å². The standard InChI is InChI=1S/C25H29FN2O2S/c1-3-18(4-2)24(25(30)27-20-11-6-5-7-12-20)28(21-13-8-10-19(26)16-21)23(29)17-22-14-9-15-31-22/h3-4,8-10,13-16,20,24H,1,5-7,11-12,17H2,2H3,(H,27,30). The van der Waals surface area contributed by atoms with Crippen LogP contribution in [-0.4, -0.2) is 23.9 Å². The number of hydrogen-bond donors (Lipinski definition) is 1. The molecule has 1 fully saturated rings. The number of carbonyl (C=O) groups is 2. The summed E-state index contributed by atoms with van der Waals surface area (Å²) < 4.78 is 14.1. The molecule has 0 radical (unpaired) electrons. The topological polar surface area (TPSA) is 49.4 Å². The summed E-state index contributed by atoms with van der Waals surface area (Å²) in [5.41, 5.74) is 0.962. The van der Waals surface area contributed by atoms with Crippen LogP contribution in [0.15, 0.2) is 66.1 Å². The van der Waals surface area contributed by atoms with Crippen molar-refractivity contribution in [2.75, 3.05) is 4.90 Å². The Kier molecular flexibility index (Phi) is 8.18. The van der Waals surface area contributed by atoms with E-state index < -0.39 is 11.9 Å². The average Bonchev–Trinajstić information content (AvgIpc) is 3.27. The Morgan fingerprint density at radius 2 is 2.03 bits per heavy atom. The second-order valence-electron chi connectivity index (χ2n) is 7.74. The number of anilines is 1. The first kappa shape index (κ1) is 22.9. The van der Waals surface area contributed by atoms with Crippen LogP contribution in [0.5, 0.6) is 0 Å². The maximum absolute atomic E-state index is 14.1. The van der Waals surface area contributed by atoms with E-state index in [0.717, 1.165) is 30.6 Å². The van der Waals surface area contributed by atoms with Gasteiger partial charge in [-0.1, -0.05) is 50.1 Å². The molecule has 3 rings (SSSR count). The number of rotatable bonds is 8. The molecule has 0 spiro atoms. The van der Waals surface area contributed by atoms with Gasteiger partial charge in [-0.25, -0.2) is 4.39 Å². The highest BCUT2D eigenvalue weighted by Gasteiger charge is 2.34. The van der Waals surface area contributed by atoms with Gasteiger partial charge in [-0.2, -0.15) is 0 Å². The molecule has 1 unspecified atom stereocenters. The Morgan fingerprint density at radius 1 is 1.26 bits per heavy atom. The molecule has 1 aromatic heterocycles. The Morgan fingerprint density at radius 3 is 2.65 bits per heavy atom. The second kappa shape index (κ2) is 11.0. The van der Waals surface area contributed by atoms with E-state index in [2.05, 4.69) is 11.9 Å². The van der Waals surface area contributed by atoms with Crippen molar-refractivity contribution < 1.29 is 14.0 Å². The Bertz CT molecular complexity index is 933. The number of hydrogen-bond acceptors (Lipinski definition) is 3. The Labute approximate surface area is 187 Å². The van der Waals surface area contributed by atoms with Crippen LogP contribution in [0.25, 0.3) is 0 Å². The molecule has 6 heteroatoms. The second-order valence-corrected chi connectivity index (χ2v) is 8.77. The summed E-state index contributed by atoms with van der Waals surface area (Å²) in [6.07, 6.45) is 8.71. The third kappa shape index (κ3) is 5.91. The number of amides is 2. The first-order valence-corrected chi connectivity index (χ1v) is 11.6. The molecular weight excluding hydrogens is 411 g/mol. The van der Waals surface area contributed by atoms with Gasteiger partial charge in [0, 0.05) is 16.6 Å². The number of thiophene rings is 1. The molecule has 1 aliphatic rings. The SMILES string of the molecule is C=CC(=CC)C(C(=O)NC1CCCCC1)N(C(=O)Cc1cccs1)c1cccc(F)c1. The number of allylic oxidation sites excluding steroid dienone is 1. The maximum Gasteiger partial charge on any atom is 0.248 e. The van der Waals surface area contributed by atoms with E-state index in [1.165, 1.54) is 34.8 Å². The van der Waals surface area contributed by atoms with Crippen LogP contribution in [0.2, 0.25) is 0 Å². The van der Waals surface area contributed by atoms with Crippen molar-refractivity contribution in [2.45, 2.75) is 57.5 Å². The van der Waals surface area contributed by atoms with Crippen LogP contribution in [0, 0.1) is 5.82 Å². The summed E-state index contributed by atoms with van der Waals surface area (Å²) in [6, 6.07) is 8.77. The van der Waals surface area contributed by atoms with Gasteiger partial charge in [-0.05, 0) is 55.0 Å². The van der Waals surface area contributed by atoms with E-state index >= 15 is 0 Å². The largest absolute Gasteiger partial charge is 0.351 e. The van der Waals surface area contributed by atoms with Gasteiger partial charge in [0.15, 0.2) is 0 Å². The molecule has 2 amide bonds. The summed E-state index contributed by atoms with van der Waals surface area (Å²) in [5, 5.41) is 5.04. The third-order valence-electron chi connectivity index (χ3n) is 5.60. The maximum atomic E-state index is 14.1. The lowest BCUT2D eigenvalue weighted by molar-refractivity contribution is -0.126. The molecule has 0 saturated heterocycles. The van der Waals surface area contributed by atoms with E-state index in [9.17, 15) is 14.0 Å². The van der Waals surface area contributed by atoms with Gasteiger partial charge in [0.2, 0.25) is 11.8 Å². The number of carbonyl (C=O) groups excluding carboxylic acids is 2. The molecule has 1 aromatic carbocycles. The highest BCUT2D eigenvalue weighted by atomic mass is 32.1. The fraction of sp³-hybridized carbons (Fsp3) is 0.360. The van der Waals surface area contributed by atoms with Crippen LogP contribution in [0.1, 0.15) is 43.9 Å². The minimum absolute atomic E-state index is 0.0911. The number of nitrogens with zero attached hydrogens (tertiary/aromatic N) is 1. The van der Waals surface area contributed by atoms with Gasteiger partial charge in [0.25, 0.3) is 0 Å². The minimum atomic E-state index is -0.918. The monoisotopic (exact) mass is 440 g/mol. The number of halogens is 1. The predicted octanol–water partition coefficient (Wildman–Crippen LogP) is 5.41. The smallest absolute Gasteiger partial charge is 0.248 e. The summed E-state index contributed by atoms with van der Waals surface area (Å²) in [5.74, 6) is -0.986. The zero-order valence-electron chi connectivity index (χ0n) is 17.9. The summed E-state index contributed by atoms with van der Waals surface area (Å²) in [7, 11) is 0. The zero-order valence-corrected chi connectivity index (χ0v) is 18.7. The fourth-order valence-electron chi connectivity index (χ4n) is 4.04. The van der Waals surface area contributed by atoms with Crippen molar-refractivity contribution in [3.8, 4) is 0 Å². The quantitative estimate of drug-likeness (QED) is 0.558. The Hall–Kier alpha value is -2.73. The van der Waals surface area contributed by atoms with Crippen molar-refractivity contribution in [1.82, 2.24) is 5.32 Å².